The Morgan fingerprint density at radius 1 is 1.14 bits per heavy atom. The van der Waals surface area contributed by atoms with E-state index in [2.05, 4.69) is 0 Å². The van der Waals surface area contributed by atoms with Gasteiger partial charge in [0.1, 0.15) is 17.4 Å². The highest BCUT2D eigenvalue weighted by molar-refractivity contribution is 6.14. The smallest absolute Gasteiger partial charge is 0.203 e. The van der Waals surface area contributed by atoms with Crippen molar-refractivity contribution in [2.24, 2.45) is 0 Å². The van der Waals surface area contributed by atoms with Crippen LogP contribution in [-0.4, -0.2) is 12.9 Å². The van der Waals surface area contributed by atoms with E-state index < -0.39 is 0 Å². The molecule has 21 heavy (non-hydrogen) atoms. The number of para-hydroxylation sites is 1. The number of ether oxygens (including phenoxy) is 1. The molecule has 0 aliphatic carbocycles. The van der Waals surface area contributed by atoms with E-state index >= 15 is 0 Å². The molecule has 0 N–H and O–H groups in total. The lowest BCUT2D eigenvalue weighted by Crippen LogP contribution is -2.04. The number of carbonyl (C=O) groups excluding carboxylic acids is 1. The number of benzene rings is 2. The third-order valence-corrected chi connectivity index (χ3v) is 3.19. The molecule has 3 heteroatoms. The average molecular weight is 277 g/mol. The van der Waals surface area contributed by atoms with Crippen molar-refractivity contribution in [1.82, 2.24) is 0 Å². The normalized spacial score (nSPS) is 10.8. The van der Waals surface area contributed by atoms with Crippen LogP contribution < -0.4 is 4.74 Å². The topological polar surface area (TPSA) is 50.1 Å². The van der Waals surface area contributed by atoms with Crippen molar-refractivity contribution >= 4 is 11.9 Å². The first kappa shape index (κ1) is 14.5. The SMILES string of the molecule is COc1ccccc1/C=C(\C#N)C(=O)c1ccccc1C. The van der Waals surface area contributed by atoms with Crippen molar-refractivity contribution in [2.45, 2.75) is 6.92 Å². The summed E-state index contributed by atoms with van der Waals surface area (Å²) in [5, 5.41) is 9.29. The molecule has 2 aromatic carbocycles. The molecule has 0 aliphatic rings. The van der Waals surface area contributed by atoms with E-state index in [-0.39, 0.29) is 11.4 Å². The molecule has 0 aromatic heterocycles. The number of aryl methyl sites for hydroxylation is 1. The monoisotopic (exact) mass is 277 g/mol. The number of hydrogen-bond donors (Lipinski definition) is 0. The van der Waals surface area contributed by atoms with Gasteiger partial charge < -0.3 is 4.74 Å². The predicted molar refractivity (Wildman–Crippen MR) is 82.1 cm³/mol. The van der Waals surface area contributed by atoms with Crippen LogP contribution in [0.4, 0.5) is 0 Å². The van der Waals surface area contributed by atoms with E-state index in [0.29, 0.717) is 16.9 Å². The van der Waals surface area contributed by atoms with Gasteiger partial charge in [0.15, 0.2) is 0 Å². The molecule has 0 amide bonds. The van der Waals surface area contributed by atoms with Crippen molar-refractivity contribution in [3.63, 3.8) is 0 Å². The minimum atomic E-state index is -0.276. The summed E-state index contributed by atoms with van der Waals surface area (Å²) in [5.74, 6) is 0.351. The minimum Gasteiger partial charge on any atom is -0.496 e. The minimum absolute atomic E-state index is 0.0915. The van der Waals surface area contributed by atoms with Crippen LogP contribution in [0.25, 0.3) is 6.08 Å². The summed E-state index contributed by atoms with van der Waals surface area (Å²) in [4.78, 5) is 12.5. The fourth-order valence-electron chi connectivity index (χ4n) is 2.06. The van der Waals surface area contributed by atoms with Gasteiger partial charge in [0.2, 0.25) is 5.78 Å². The van der Waals surface area contributed by atoms with Gasteiger partial charge in [-0.05, 0) is 24.6 Å². The second-order valence-electron chi connectivity index (χ2n) is 4.56. The second-order valence-corrected chi connectivity index (χ2v) is 4.56. The molecule has 0 heterocycles. The van der Waals surface area contributed by atoms with Crippen LogP contribution >= 0.6 is 0 Å². The van der Waals surface area contributed by atoms with Crippen LogP contribution in [0, 0.1) is 18.3 Å². The molecule has 0 aliphatic heterocycles. The summed E-state index contributed by atoms with van der Waals surface area (Å²) >= 11 is 0. The Kier molecular flexibility index (Phi) is 4.53. The summed E-state index contributed by atoms with van der Waals surface area (Å²) in [5.41, 5.74) is 2.19. The standard InChI is InChI=1S/C18H15NO2/c1-13-7-3-5-9-16(13)18(20)15(12-19)11-14-8-4-6-10-17(14)21-2/h3-11H,1-2H3/b15-11+. The number of carbonyl (C=O) groups is 1. The number of rotatable bonds is 4. The number of Topliss-reactive ketones (excluding diaryl/α,β-unsaturated/α-hetero) is 1. The molecule has 0 fully saturated rings. The molecule has 0 unspecified atom stereocenters. The number of nitriles is 1. The number of methoxy groups -OCH3 is 1. The van der Waals surface area contributed by atoms with Crippen molar-refractivity contribution in [1.29, 1.82) is 5.26 Å². The molecule has 0 atom stereocenters. The van der Waals surface area contributed by atoms with Crippen molar-refractivity contribution in [3.05, 3.63) is 70.8 Å². The first-order valence-electron chi connectivity index (χ1n) is 6.52. The fourth-order valence-corrected chi connectivity index (χ4v) is 2.06. The van der Waals surface area contributed by atoms with Crippen LogP contribution in [-0.2, 0) is 0 Å². The first-order chi connectivity index (χ1) is 10.2. The van der Waals surface area contributed by atoms with E-state index in [1.807, 2.05) is 37.3 Å². The average Bonchev–Trinajstić information content (AvgIpc) is 2.52. The molecular weight excluding hydrogens is 262 g/mol. The lowest BCUT2D eigenvalue weighted by atomic mass is 9.98. The van der Waals surface area contributed by atoms with Crippen molar-refractivity contribution in [3.8, 4) is 11.8 Å². The highest BCUT2D eigenvalue weighted by Gasteiger charge is 2.14. The zero-order chi connectivity index (χ0) is 15.2. The predicted octanol–water partition coefficient (Wildman–Crippen LogP) is 3.79. The number of nitrogens with zero attached hydrogens (tertiary/aromatic N) is 1. The molecule has 0 saturated heterocycles. The van der Waals surface area contributed by atoms with E-state index in [1.54, 1.807) is 37.5 Å². The van der Waals surface area contributed by atoms with Crippen molar-refractivity contribution < 1.29 is 9.53 Å². The molecule has 0 saturated carbocycles. The first-order valence-corrected chi connectivity index (χ1v) is 6.52. The van der Waals surface area contributed by atoms with Gasteiger partial charge in [-0.1, -0.05) is 42.5 Å². The number of hydrogen-bond acceptors (Lipinski definition) is 3. The molecule has 0 spiro atoms. The van der Waals surface area contributed by atoms with E-state index in [4.69, 9.17) is 4.74 Å². The Balaban J connectivity index is 2.45. The third-order valence-electron chi connectivity index (χ3n) is 3.19. The Bertz CT molecular complexity index is 739. The lowest BCUT2D eigenvalue weighted by Gasteiger charge is -2.06. The Morgan fingerprint density at radius 2 is 1.81 bits per heavy atom. The van der Waals surface area contributed by atoms with Crippen LogP contribution in [0.5, 0.6) is 5.75 Å². The van der Waals surface area contributed by atoms with Gasteiger partial charge >= 0.3 is 0 Å². The summed E-state index contributed by atoms with van der Waals surface area (Å²) in [6, 6.07) is 16.5. The highest BCUT2D eigenvalue weighted by Crippen LogP contribution is 2.22. The number of ketones is 1. The van der Waals surface area contributed by atoms with Crippen LogP contribution in [0.1, 0.15) is 21.5 Å². The quantitative estimate of drug-likeness (QED) is 0.485. The largest absolute Gasteiger partial charge is 0.496 e. The molecule has 0 radical (unpaired) electrons. The van der Waals surface area contributed by atoms with Gasteiger partial charge in [0, 0.05) is 11.1 Å². The zero-order valence-corrected chi connectivity index (χ0v) is 12.0. The summed E-state index contributed by atoms with van der Waals surface area (Å²) in [7, 11) is 1.56. The Morgan fingerprint density at radius 3 is 2.48 bits per heavy atom. The maximum Gasteiger partial charge on any atom is 0.203 e. The van der Waals surface area contributed by atoms with E-state index in [9.17, 15) is 10.1 Å². The summed E-state index contributed by atoms with van der Waals surface area (Å²) in [6.45, 7) is 1.85. The summed E-state index contributed by atoms with van der Waals surface area (Å²) in [6.07, 6.45) is 1.56. The van der Waals surface area contributed by atoms with Crippen molar-refractivity contribution in [2.75, 3.05) is 7.11 Å². The van der Waals surface area contributed by atoms with Crippen LogP contribution in [0.3, 0.4) is 0 Å². The molecule has 2 aromatic rings. The molecular formula is C18H15NO2. The zero-order valence-electron chi connectivity index (χ0n) is 12.0. The van der Waals surface area contributed by atoms with Gasteiger partial charge in [-0.3, -0.25) is 4.79 Å². The molecule has 3 nitrogen and oxygen atoms in total. The molecule has 104 valence electrons. The van der Waals surface area contributed by atoms with E-state index in [1.165, 1.54) is 0 Å². The Labute approximate surface area is 124 Å². The van der Waals surface area contributed by atoms with E-state index in [0.717, 1.165) is 5.56 Å². The van der Waals surface area contributed by atoms with Gasteiger partial charge in [-0.2, -0.15) is 5.26 Å². The van der Waals surface area contributed by atoms with Gasteiger partial charge in [0.25, 0.3) is 0 Å². The second kappa shape index (κ2) is 6.53. The fraction of sp³-hybridized carbons (Fsp3) is 0.111. The van der Waals surface area contributed by atoms with Gasteiger partial charge in [-0.25, -0.2) is 0 Å². The highest BCUT2D eigenvalue weighted by atomic mass is 16.5. The maximum atomic E-state index is 12.5. The maximum absolute atomic E-state index is 12.5. The third kappa shape index (κ3) is 3.18. The summed E-state index contributed by atoms with van der Waals surface area (Å²) < 4.78 is 5.23. The van der Waals surface area contributed by atoms with Gasteiger partial charge in [-0.15, -0.1) is 0 Å². The Hall–Kier alpha value is -2.86. The number of allylic oxidation sites excluding steroid dienone is 1. The lowest BCUT2D eigenvalue weighted by molar-refractivity contribution is 0.103. The van der Waals surface area contributed by atoms with Gasteiger partial charge in [0.05, 0.1) is 7.11 Å². The molecule has 2 rings (SSSR count). The molecule has 0 bridgehead atoms. The van der Waals surface area contributed by atoms with Crippen LogP contribution in [0.15, 0.2) is 54.1 Å². The van der Waals surface area contributed by atoms with Crippen LogP contribution in [0.2, 0.25) is 0 Å².